The third kappa shape index (κ3) is 1.88. The van der Waals surface area contributed by atoms with Crippen LogP contribution in [0.1, 0.15) is 18.8 Å². The average Bonchev–Trinajstić information content (AvgIpc) is 2.98. The topological polar surface area (TPSA) is 83.8 Å². The van der Waals surface area contributed by atoms with Gasteiger partial charge in [-0.15, -0.1) is 0 Å². The van der Waals surface area contributed by atoms with E-state index in [-0.39, 0.29) is 6.04 Å². The number of anilines is 1. The van der Waals surface area contributed by atoms with Gasteiger partial charge in [0.1, 0.15) is 23.1 Å². The summed E-state index contributed by atoms with van der Waals surface area (Å²) >= 11 is 5.93. The first-order chi connectivity index (χ1) is 8.74. The molecule has 7 nitrogen and oxygen atoms in total. The monoisotopic (exact) mass is 263 g/mol. The van der Waals surface area contributed by atoms with E-state index in [1.165, 1.54) is 6.33 Å². The largest absolute Gasteiger partial charge is 0.360 e. The van der Waals surface area contributed by atoms with E-state index >= 15 is 0 Å². The van der Waals surface area contributed by atoms with E-state index in [4.69, 9.17) is 11.6 Å². The van der Waals surface area contributed by atoms with Crippen LogP contribution in [0.25, 0.3) is 5.78 Å². The highest BCUT2D eigenvalue weighted by Gasteiger charge is 2.11. The molecule has 0 bridgehead atoms. The maximum atomic E-state index is 5.93. The maximum Gasteiger partial charge on any atom is 0.255 e. The van der Waals surface area contributed by atoms with E-state index in [1.807, 2.05) is 6.92 Å². The second-order valence-electron chi connectivity index (χ2n) is 3.78. The summed E-state index contributed by atoms with van der Waals surface area (Å²) in [5.74, 6) is 2.00. The molecule has 0 saturated carbocycles. The second-order valence-corrected chi connectivity index (χ2v) is 4.16. The van der Waals surface area contributed by atoms with Crippen LogP contribution in [0.3, 0.4) is 0 Å². The predicted molar refractivity (Wildman–Crippen MR) is 66.4 cm³/mol. The fraction of sp³-hybridized carbons (Fsp3) is 0.200. The molecule has 1 atom stereocenters. The molecule has 0 radical (unpaired) electrons. The lowest BCUT2D eigenvalue weighted by Gasteiger charge is -2.13. The quantitative estimate of drug-likeness (QED) is 0.703. The van der Waals surface area contributed by atoms with Crippen molar-refractivity contribution in [2.45, 2.75) is 13.0 Å². The van der Waals surface area contributed by atoms with Crippen LogP contribution in [0.2, 0.25) is 5.15 Å². The summed E-state index contributed by atoms with van der Waals surface area (Å²) in [7, 11) is 0. The van der Waals surface area contributed by atoms with Crippen LogP contribution < -0.4 is 5.32 Å². The molecular formula is C10H10ClN7. The number of aromatic amines is 1. The molecular weight excluding hydrogens is 254 g/mol. The highest BCUT2D eigenvalue weighted by atomic mass is 35.5. The van der Waals surface area contributed by atoms with Crippen molar-refractivity contribution in [2.75, 3.05) is 5.32 Å². The highest BCUT2D eigenvalue weighted by molar-refractivity contribution is 6.29. The van der Waals surface area contributed by atoms with Crippen LogP contribution in [-0.4, -0.2) is 29.5 Å². The SMILES string of the molecule is CC(Nc1cc(Cl)nc2ncnn12)c1ncc[nH]1. The van der Waals surface area contributed by atoms with Crippen LogP contribution in [0.15, 0.2) is 24.8 Å². The fourth-order valence-corrected chi connectivity index (χ4v) is 1.87. The molecule has 18 heavy (non-hydrogen) atoms. The molecule has 2 N–H and O–H groups in total. The van der Waals surface area contributed by atoms with Gasteiger partial charge in [0.2, 0.25) is 0 Å². The number of H-pyrrole nitrogens is 1. The molecule has 1 unspecified atom stereocenters. The minimum Gasteiger partial charge on any atom is -0.360 e. The number of hydrogen-bond acceptors (Lipinski definition) is 5. The Balaban J connectivity index is 1.97. The number of imidazole rings is 1. The van der Waals surface area contributed by atoms with Gasteiger partial charge in [-0.1, -0.05) is 11.6 Å². The summed E-state index contributed by atoms with van der Waals surface area (Å²) in [4.78, 5) is 15.3. The average molecular weight is 264 g/mol. The van der Waals surface area contributed by atoms with Gasteiger partial charge in [-0.3, -0.25) is 0 Å². The molecule has 0 aliphatic heterocycles. The molecule has 0 amide bonds. The summed E-state index contributed by atoms with van der Waals surface area (Å²) in [5, 5.41) is 7.71. The third-order valence-electron chi connectivity index (χ3n) is 2.51. The van der Waals surface area contributed by atoms with Crippen molar-refractivity contribution in [2.24, 2.45) is 0 Å². The van der Waals surface area contributed by atoms with E-state index in [0.717, 1.165) is 5.82 Å². The molecule has 0 saturated heterocycles. The number of hydrogen-bond donors (Lipinski definition) is 2. The zero-order valence-electron chi connectivity index (χ0n) is 9.50. The number of fused-ring (bicyclic) bond motifs is 1. The third-order valence-corrected chi connectivity index (χ3v) is 2.71. The zero-order chi connectivity index (χ0) is 12.5. The summed E-state index contributed by atoms with van der Waals surface area (Å²) in [6.45, 7) is 1.98. The van der Waals surface area contributed by atoms with E-state index in [1.54, 1.807) is 23.0 Å². The van der Waals surface area contributed by atoms with Gasteiger partial charge >= 0.3 is 0 Å². The number of halogens is 1. The summed E-state index contributed by atoms with van der Waals surface area (Å²) in [6.07, 6.45) is 4.91. The molecule has 0 spiro atoms. The van der Waals surface area contributed by atoms with Crippen molar-refractivity contribution in [1.82, 2.24) is 29.5 Å². The Bertz CT molecular complexity index is 660. The molecule has 0 fully saturated rings. The Morgan fingerprint density at radius 2 is 2.33 bits per heavy atom. The number of aromatic nitrogens is 6. The standard InChI is InChI=1S/C10H10ClN7/c1-6(9-12-2-3-13-9)16-8-4-7(11)17-10-14-5-15-18(8)10/h2-6,16H,1H3,(H,12,13). The summed E-state index contributed by atoms with van der Waals surface area (Å²) in [6, 6.07) is 1.69. The molecule has 92 valence electrons. The molecule has 3 rings (SSSR count). The van der Waals surface area contributed by atoms with E-state index in [2.05, 4.69) is 30.4 Å². The Morgan fingerprint density at radius 1 is 1.44 bits per heavy atom. The number of nitrogens with one attached hydrogen (secondary N) is 2. The Kier molecular flexibility index (Phi) is 2.60. The van der Waals surface area contributed by atoms with Crippen LogP contribution in [0.4, 0.5) is 5.82 Å². The van der Waals surface area contributed by atoms with Crippen LogP contribution in [0.5, 0.6) is 0 Å². The van der Waals surface area contributed by atoms with Crippen molar-refractivity contribution in [3.8, 4) is 0 Å². The van der Waals surface area contributed by atoms with Gasteiger partial charge in [-0.05, 0) is 6.92 Å². The fourth-order valence-electron chi connectivity index (χ4n) is 1.69. The number of nitrogens with zero attached hydrogens (tertiary/aromatic N) is 5. The van der Waals surface area contributed by atoms with Crippen molar-refractivity contribution in [1.29, 1.82) is 0 Å². The first kappa shape index (κ1) is 11.0. The first-order valence-electron chi connectivity index (χ1n) is 5.36. The van der Waals surface area contributed by atoms with Crippen LogP contribution >= 0.6 is 11.6 Å². The Hall–Kier alpha value is -2.15. The van der Waals surface area contributed by atoms with Crippen molar-refractivity contribution < 1.29 is 0 Å². The normalized spacial score (nSPS) is 12.8. The Morgan fingerprint density at radius 3 is 3.11 bits per heavy atom. The lowest BCUT2D eigenvalue weighted by atomic mass is 10.3. The van der Waals surface area contributed by atoms with E-state index in [9.17, 15) is 0 Å². The number of rotatable bonds is 3. The summed E-state index contributed by atoms with van der Waals surface area (Å²) < 4.78 is 1.59. The van der Waals surface area contributed by atoms with Crippen molar-refractivity contribution in [3.63, 3.8) is 0 Å². The predicted octanol–water partition coefficient (Wildman–Crippen LogP) is 1.67. The van der Waals surface area contributed by atoms with Gasteiger partial charge in [0.25, 0.3) is 5.78 Å². The van der Waals surface area contributed by atoms with Crippen LogP contribution in [0, 0.1) is 0 Å². The molecule has 3 aromatic rings. The Labute approximate surface area is 107 Å². The first-order valence-corrected chi connectivity index (χ1v) is 5.74. The molecule has 8 heteroatoms. The molecule has 0 aromatic carbocycles. The minimum absolute atomic E-state index is 0.00846. The second kappa shape index (κ2) is 4.26. The van der Waals surface area contributed by atoms with E-state index in [0.29, 0.717) is 16.7 Å². The minimum atomic E-state index is -0.00846. The van der Waals surface area contributed by atoms with Crippen LogP contribution in [-0.2, 0) is 0 Å². The summed E-state index contributed by atoms with van der Waals surface area (Å²) in [5.41, 5.74) is 0. The van der Waals surface area contributed by atoms with Crippen molar-refractivity contribution >= 4 is 23.2 Å². The molecule has 0 aliphatic rings. The van der Waals surface area contributed by atoms with Gasteiger partial charge in [-0.25, -0.2) is 4.98 Å². The van der Waals surface area contributed by atoms with E-state index < -0.39 is 0 Å². The maximum absolute atomic E-state index is 5.93. The molecule has 3 aromatic heterocycles. The van der Waals surface area contributed by atoms with Gasteiger partial charge in [-0.2, -0.15) is 19.6 Å². The van der Waals surface area contributed by atoms with Gasteiger partial charge < -0.3 is 10.3 Å². The van der Waals surface area contributed by atoms with Gasteiger partial charge in [0.05, 0.1) is 6.04 Å². The molecule has 3 heterocycles. The smallest absolute Gasteiger partial charge is 0.255 e. The lowest BCUT2D eigenvalue weighted by molar-refractivity contribution is 0.788. The van der Waals surface area contributed by atoms with Gasteiger partial charge in [0, 0.05) is 18.5 Å². The van der Waals surface area contributed by atoms with Gasteiger partial charge in [0.15, 0.2) is 0 Å². The van der Waals surface area contributed by atoms with Crippen molar-refractivity contribution in [3.05, 3.63) is 35.8 Å². The zero-order valence-corrected chi connectivity index (χ0v) is 10.3. The lowest BCUT2D eigenvalue weighted by Crippen LogP contribution is -2.12. The molecule has 0 aliphatic carbocycles. The highest BCUT2D eigenvalue weighted by Crippen LogP contribution is 2.19.